The first kappa shape index (κ1) is 16.8. The van der Waals surface area contributed by atoms with Gasteiger partial charge in [-0.15, -0.1) is 0 Å². The second-order valence-corrected chi connectivity index (χ2v) is 5.68. The third kappa shape index (κ3) is 3.26. The molecule has 1 aromatic heterocycles. The first-order valence-corrected chi connectivity index (χ1v) is 7.99. The molecule has 25 heavy (non-hydrogen) atoms. The number of carboxylic acid groups (broad SMARTS) is 1. The van der Waals surface area contributed by atoms with Crippen molar-refractivity contribution in [3.63, 3.8) is 0 Å². The molecule has 3 aromatic rings. The molecule has 0 saturated carbocycles. The molecule has 1 N–H and O–H groups in total. The maximum absolute atomic E-state index is 11.7. The molecule has 0 amide bonds. The van der Waals surface area contributed by atoms with Gasteiger partial charge in [-0.3, -0.25) is 0 Å². The number of aryl methyl sites for hydroxylation is 1. The van der Waals surface area contributed by atoms with Gasteiger partial charge in [0.2, 0.25) is 0 Å². The first-order valence-electron chi connectivity index (χ1n) is 7.99. The van der Waals surface area contributed by atoms with Gasteiger partial charge in [-0.1, -0.05) is 11.6 Å². The molecule has 1 heterocycles. The molecular formula is C20H19NO4. The van der Waals surface area contributed by atoms with Crippen molar-refractivity contribution in [2.75, 3.05) is 13.7 Å². The van der Waals surface area contributed by atoms with Crippen LogP contribution in [0.15, 0.2) is 42.5 Å². The van der Waals surface area contributed by atoms with Gasteiger partial charge in [0.05, 0.1) is 30.5 Å². The number of methoxy groups -OCH3 is 1. The van der Waals surface area contributed by atoms with Crippen molar-refractivity contribution in [3.05, 3.63) is 53.6 Å². The summed E-state index contributed by atoms with van der Waals surface area (Å²) in [6.07, 6.45) is 0. The van der Waals surface area contributed by atoms with E-state index in [2.05, 4.69) is 4.98 Å². The van der Waals surface area contributed by atoms with Crippen LogP contribution in [0, 0.1) is 6.92 Å². The maximum atomic E-state index is 11.7. The Morgan fingerprint density at radius 1 is 1.12 bits per heavy atom. The fourth-order valence-corrected chi connectivity index (χ4v) is 2.77. The number of aromatic carboxylic acids is 1. The average molecular weight is 337 g/mol. The van der Waals surface area contributed by atoms with Gasteiger partial charge in [-0.25, -0.2) is 9.78 Å². The quantitative estimate of drug-likeness (QED) is 0.751. The van der Waals surface area contributed by atoms with E-state index in [9.17, 15) is 9.90 Å². The lowest BCUT2D eigenvalue weighted by molar-refractivity contribution is 0.0699. The minimum absolute atomic E-state index is 0.233. The molecule has 0 unspecified atom stereocenters. The minimum Gasteiger partial charge on any atom is -0.493 e. The van der Waals surface area contributed by atoms with E-state index in [1.807, 2.05) is 38.1 Å². The number of hydrogen-bond acceptors (Lipinski definition) is 4. The van der Waals surface area contributed by atoms with Crippen LogP contribution in [-0.2, 0) is 0 Å². The van der Waals surface area contributed by atoms with E-state index in [4.69, 9.17) is 9.47 Å². The van der Waals surface area contributed by atoms with Crippen LogP contribution in [0.1, 0.15) is 22.8 Å². The standard InChI is InChI=1S/C20H19NO4/c1-4-25-18-8-6-13(10-19(18)24-3)17-11-15(20(22)23)14-9-12(2)5-7-16(14)21-17/h5-11H,4H2,1-3H3,(H,22,23). The minimum atomic E-state index is -0.975. The second kappa shape index (κ2) is 6.81. The Kier molecular flexibility index (Phi) is 4.57. The third-order valence-corrected chi connectivity index (χ3v) is 3.95. The first-order chi connectivity index (χ1) is 12.0. The number of pyridine rings is 1. The van der Waals surface area contributed by atoms with E-state index in [0.29, 0.717) is 34.7 Å². The van der Waals surface area contributed by atoms with E-state index < -0.39 is 5.97 Å². The van der Waals surface area contributed by atoms with Gasteiger partial charge in [0.1, 0.15) is 0 Å². The summed E-state index contributed by atoms with van der Waals surface area (Å²) in [6.45, 7) is 4.36. The third-order valence-electron chi connectivity index (χ3n) is 3.95. The highest BCUT2D eigenvalue weighted by molar-refractivity contribution is 6.04. The normalized spacial score (nSPS) is 10.7. The Hall–Kier alpha value is -3.08. The van der Waals surface area contributed by atoms with E-state index in [0.717, 1.165) is 11.1 Å². The van der Waals surface area contributed by atoms with Crippen LogP contribution < -0.4 is 9.47 Å². The predicted octanol–water partition coefficient (Wildman–Crippen LogP) is 4.32. The molecule has 0 aliphatic heterocycles. The fourth-order valence-electron chi connectivity index (χ4n) is 2.77. The number of nitrogens with zero attached hydrogens (tertiary/aromatic N) is 1. The lowest BCUT2D eigenvalue weighted by Gasteiger charge is -2.12. The SMILES string of the molecule is CCOc1ccc(-c2cc(C(=O)O)c3cc(C)ccc3n2)cc1OC. The molecule has 0 aliphatic carbocycles. The Bertz CT molecular complexity index is 950. The summed E-state index contributed by atoms with van der Waals surface area (Å²) >= 11 is 0. The van der Waals surface area contributed by atoms with Crippen molar-refractivity contribution >= 4 is 16.9 Å². The van der Waals surface area contributed by atoms with Gasteiger partial charge in [-0.2, -0.15) is 0 Å². The van der Waals surface area contributed by atoms with Crippen molar-refractivity contribution < 1.29 is 19.4 Å². The van der Waals surface area contributed by atoms with Gasteiger partial charge in [0.25, 0.3) is 0 Å². The van der Waals surface area contributed by atoms with Crippen molar-refractivity contribution in [3.8, 4) is 22.8 Å². The second-order valence-electron chi connectivity index (χ2n) is 5.68. The Morgan fingerprint density at radius 3 is 2.60 bits per heavy atom. The molecule has 0 saturated heterocycles. The number of hydrogen-bond donors (Lipinski definition) is 1. The van der Waals surface area contributed by atoms with Gasteiger partial charge in [0.15, 0.2) is 11.5 Å². The zero-order chi connectivity index (χ0) is 18.0. The lowest BCUT2D eigenvalue weighted by atomic mass is 10.0. The summed E-state index contributed by atoms with van der Waals surface area (Å²) < 4.78 is 10.9. The zero-order valence-corrected chi connectivity index (χ0v) is 14.4. The van der Waals surface area contributed by atoms with Crippen molar-refractivity contribution in [2.24, 2.45) is 0 Å². The molecule has 0 aliphatic rings. The molecule has 0 radical (unpaired) electrons. The number of carboxylic acids is 1. The molecule has 5 nitrogen and oxygen atoms in total. The highest BCUT2D eigenvalue weighted by Crippen LogP contribution is 2.33. The number of aromatic nitrogens is 1. The molecule has 0 atom stereocenters. The highest BCUT2D eigenvalue weighted by atomic mass is 16.5. The summed E-state index contributed by atoms with van der Waals surface area (Å²) in [5.41, 5.74) is 3.22. The van der Waals surface area contributed by atoms with Crippen LogP contribution in [0.5, 0.6) is 11.5 Å². The molecule has 0 spiro atoms. The molecule has 2 aromatic carbocycles. The number of ether oxygens (including phenoxy) is 2. The number of rotatable bonds is 5. The lowest BCUT2D eigenvalue weighted by Crippen LogP contribution is -2.01. The summed E-state index contributed by atoms with van der Waals surface area (Å²) in [6, 6.07) is 12.7. The van der Waals surface area contributed by atoms with Gasteiger partial charge in [-0.05, 0) is 50.2 Å². The molecule has 0 bridgehead atoms. The van der Waals surface area contributed by atoms with E-state index in [-0.39, 0.29) is 5.56 Å². The van der Waals surface area contributed by atoms with Crippen LogP contribution in [-0.4, -0.2) is 29.8 Å². The topological polar surface area (TPSA) is 68.7 Å². The highest BCUT2D eigenvalue weighted by Gasteiger charge is 2.14. The van der Waals surface area contributed by atoms with Gasteiger partial charge in [0, 0.05) is 10.9 Å². The monoisotopic (exact) mass is 337 g/mol. The van der Waals surface area contributed by atoms with Gasteiger partial charge < -0.3 is 14.6 Å². The molecule has 0 fully saturated rings. The van der Waals surface area contributed by atoms with Gasteiger partial charge >= 0.3 is 5.97 Å². The number of carbonyl (C=O) groups is 1. The van der Waals surface area contributed by atoms with E-state index in [1.54, 1.807) is 25.3 Å². The van der Waals surface area contributed by atoms with E-state index in [1.165, 1.54) is 0 Å². The molecule has 128 valence electrons. The van der Waals surface area contributed by atoms with Crippen LogP contribution >= 0.6 is 0 Å². The van der Waals surface area contributed by atoms with Crippen molar-refractivity contribution in [1.82, 2.24) is 4.98 Å². The molecule has 3 rings (SSSR count). The summed E-state index contributed by atoms with van der Waals surface area (Å²) in [5, 5.41) is 10.2. The Morgan fingerprint density at radius 2 is 1.92 bits per heavy atom. The Balaban J connectivity index is 2.19. The number of benzene rings is 2. The summed E-state index contributed by atoms with van der Waals surface area (Å²) in [7, 11) is 1.57. The molecular weight excluding hydrogens is 318 g/mol. The zero-order valence-electron chi connectivity index (χ0n) is 14.4. The largest absolute Gasteiger partial charge is 0.493 e. The van der Waals surface area contributed by atoms with Crippen LogP contribution in [0.3, 0.4) is 0 Å². The number of fused-ring (bicyclic) bond motifs is 1. The van der Waals surface area contributed by atoms with Crippen LogP contribution in [0.2, 0.25) is 0 Å². The average Bonchev–Trinajstić information content (AvgIpc) is 2.61. The van der Waals surface area contributed by atoms with Crippen LogP contribution in [0.25, 0.3) is 22.2 Å². The van der Waals surface area contributed by atoms with Crippen molar-refractivity contribution in [2.45, 2.75) is 13.8 Å². The molecule has 5 heteroatoms. The van der Waals surface area contributed by atoms with Crippen molar-refractivity contribution in [1.29, 1.82) is 0 Å². The maximum Gasteiger partial charge on any atom is 0.336 e. The fraction of sp³-hybridized carbons (Fsp3) is 0.200. The van der Waals surface area contributed by atoms with E-state index >= 15 is 0 Å². The predicted molar refractivity (Wildman–Crippen MR) is 96.6 cm³/mol. The summed E-state index contributed by atoms with van der Waals surface area (Å²) in [5.74, 6) is 0.253. The summed E-state index contributed by atoms with van der Waals surface area (Å²) in [4.78, 5) is 16.3. The smallest absolute Gasteiger partial charge is 0.336 e. The Labute approximate surface area is 145 Å². The van der Waals surface area contributed by atoms with Crippen LogP contribution in [0.4, 0.5) is 0 Å².